The SMILES string of the molecule is Cc1ccc(C(=O)C(C)N(C)C(=O)Cc2ccccc2[N+](=O)[O-])cc1C. The van der Waals surface area contributed by atoms with Crippen LogP contribution in [0.2, 0.25) is 0 Å². The molecule has 0 heterocycles. The van der Waals surface area contributed by atoms with Crippen LogP contribution in [0.4, 0.5) is 5.69 Å². The van der Waals surface area contributed by atoms with E-state index in [9.17, 15) is 19.7 Å². The predicted molar refractivity (Wildman–Crippen MR) is 99.3 cm³/mol. The van der Waals surface area contributed by atoms with Crippen molar-refractivity contribution in [2.75, 3.05) is 7.05 Å². The first kappa shape index (κ1) is 19.3. The van der Waals surface area contributed by atoms with Crippen LogP contribution in [0.5, 0.6) is 0 Å². The molecular formula is C20H22N2O4. The van der Waals surface area contributed by atoms with Gasteiger partial charge in [0.15, 0.2) is 5.78 Å². The van der Waals surface area contributed by atoms with Gasteiger partial charge in [0, 0.05) is 24.2 Å². The van der Waals surface area contributed by atoms with E-state index in [-0.39, 0.29) is 23.8 Å². The number of Topliss-reactive ketones (excluding diaryl/α,β-unsaturated/α-hetero) is 1. The lowest BCUT2D eigenvalue weighted by atomic mass is 9.99. The third-order valence-electron chi connectivity index (χ3n) is 4.68. The molecule has 0 saturated carbocycles. The summed E-state index contributed by atoms with van der Waals surface area (Å²) in [7, 11) is 1.54. The van der Waals surface area contributed by atoms with E-state index in [2.05, 4.69) is 0 Å². The smallest absolute Gasteiger partial charge is 0.273 e. The Labute approximate surface area is 152 Å². The third kappa shape index (κ3) is 4.14. The van der Waals surface area contributed by atoms with Crippen LogP contribution in [0.25, 0.3) is 0 Å². The standard InChI is InChI=1S/C20H22N2O4/c1-13-9-10-17(11-14(13)2)20(24)15(3)21(4)19(23)12-16-7-5-6-8-18(16)22(25)26/h5-11,15H,12H2,1-4H3. The molecule has 1 amide bonds. The van der Waals surface area contributed by atoms with E-state index in [0.717, 1.165) is 11.1 Å². The maximum atomic E-state index is 12.7. The summed E-state index contributed by atoms with van der Waals surface area (Å²) < 4.78 is 0. The molecule has 0 bridgehead atoms. The minimum absolute atomic E-state index is 0.0950. The van der Waals surface area contributed by atoms with Crippen LogP contribution in [-0.4, -0.2) is 34.6 Å². The number of likely N-dealkylation sites (N-methyl/N-ethyl adjacent to an activating group) is 1. The van der Waals surface area contributed by atoms with Crippen LogP contribution in [0.1, 0.15) is 34.0 Å². The van der Waals surface area contributed by atoms with Gasteiger partial charge in [0.2, 0.25) is 5.91 Å². The highest BCUT2D eigenvalue weighted by Gasteiger charge is 2.25. The van der Waals surface area contributed by atoms with Gasteiger partial charge in [-0.3, -0.25) is 19.7 Å². The molecule has 0 aliphatic carbocycles. The first-order valence-electron chi connectivity index (χ1n) is 8.31. The van der Waals surface area contributed by atoms with E-state index in [0.29, 0.717) is 11.1 Å². The van der Waals surface area contributed by atoms with Crippen LogP contribution in [0.3, 0.4) is 0 Å². The van der Waals surface area contributed by atoms with Crippen molar-refractivity contribution >= 4 is 17.4 Å². The Balaban J connectivity index is 2.15. The largest absolute Gasteiger partial charge is 0.335 e. The number of aryl methyl sites for hydroxylation is 2. The second-order valence-corrected chi connectivity index (χ2v) is 6.41. The van der Waals surface area contributed by atoms with E-state index < -0.39 is 11.0 Å². The van der Waals surface area contributed by atoms with Crippen molar-refractivity contribution in [3.05, 3.63) is 74.8 Å². The highest BCUT2D eigenvalue weighted by molar-refractivity contribution is 6.02. The average molecular weight is 354 g/mol. The second kappa shape index (κ2) is 7.91. The summed E-state index contributed by atoms with van der Waals surface area (Å²) in [5, 5.41) is 11.1. The van der Waals surface area contributed by atoms with Crippen molar-refractivity contribution < 1.29 is 14.5 Å². The topological polar surface area (TPSA) is 80.5 Å². The van der Waals surface area contributed by atoms with Gasteiger partial charge in [-0.15, -0.1) is 0 Å². The minimum atomic E-state index is -0.660. The van der Waals surface area contributed by atoms with E-state index >= 15 is 0 Å². The van der Waals surface area contributed by atoms with Crippen LogP contribution >= 0.6 is 0 Å². The molecule has 26 heavy (non-hydrogen) atoms. The monoisotopic (exact) mass is 354 g/mol. The maximum absolute atomic E-state index is 12.7. The van der Waals surface area contributed by atoms with Crippen LogP contribution in [0.15, 0.2) is 42.5 Å². The summed E-state index contributed by atoms with van der Waals surface area (Å²) in [4.78, 5) is 37.1. The summed E-state index contributed by atoms with van der Waals surface area (Å²) in [5.74, 6) is -0.504. The Morgan fingerprint density at radius 2 is 1.77 bits per heavy atom. The number of benzene rings is 2. The van der Waals surface area contributed by atoms with Crippen molar-refractivity contribution in [3.63, 3.8) is 0 Å². The first-order chi connectivity index (χ1) is 12.2. The zero-order chi connectivity index (χ0) is 19.4. The molecule has 2 aromatic rings. The number of carbonyl (C=O) groups is 2. The molecule has 1 unspecified atom stereocenters. The fraction of sp³-hybridized carbons (Fsp3) is 0.300. The fourth-order valence-corrected chi connectivity index (χ4v) is 2.65. The summed E-state index contributed by atoms with van der Waals surface area (Å²) in [6, 6.07) is 10.9. The normalized spacial score (nSPS) is 11.7. The minimum Gasteiger partial charge on any atom is -0.335 e. The number of hydrogen-bond acceptors (Lipinski definition) is 4. The number of nitro groups is 1. The average Bonchev–Trinajstić information content (AvgIpc) is 2.62. The molecule has 136 valence electrons. The van der Waals surface area contributed by atoms with Crippen LogP contribution in [-0.2, 0) is 11.2 Å². The molecule has 0 fully saturated rings. The summed E-state index contributed by atoms with van der Waals surface area (Å²) >= 11 is 0. The van der Waals surface area contributed by atoms with E-state index in [1.807, 2.05) is 26.0 Å². The van der Waals surface area contributed by atoms with E-state index in [1.54, 1.807) is 38.2 Å². The Morgan fingerprint density at radius 1 is 1.12 bits per heavy atom. The molecule has 1 atom stereocenters. The Kier molecular flexibility index (Phi) is 5.87. The number of nitrogens with zero attached hydrogens (tertiary/aromatic N) is 2. The number of nitro benzene ring substituents is 1. The van der Waals surface area contributed by atoms with Crippen molar-refractivity contribution in [2.24, 2.45) is 0 Å². The summed E-state index contributed by atoms with van der Waals surface area (Å²) in [5.41, 5.74) is 2.89. The van der Waals surface area contributed by atoms with E-state index in [1.165, 1.54) is 11.0 Å². The van der Waals surface area contributed by atoms with Gasteiger partial charge >= 0.3 is 0 Å². The second-order valence-electron chi connectivity index (χ2n) is 6.41. The molecule has 0 spiro atoms. The molecule has 0 aliphatic heterocycles. The summed E-state index contributed by atoms with van der Waals surface area (Å²) in [6.45, 7) is 5.56. The van der Waals surface area contributed by atoms with E-state index in [4.69, 9.17) is 0 Å². The molecule has 6 heteroatoms. The fourth-order valence-electron chi connectivity index (χ4n) is 2.65. The lowest BCUT2D eigenvalue weighted by molar-refractivity contribution is -0.385. The van der Waals surface area contributed by atoms with Gasteiger partial charge < -0.3 is 4.90 Å². The lowest BCUT2D eigenvalue weighted by Gasteiger charge is -2.24. The number of hydrogen-bond donors (Lipinski definition) is 0. The van der Waals surface area contributed by atoms with Crippen LogP contribution in [0, 0.1) is 24.0 Å². The van der Waals surface area contributed by atoms with Crippen molar-refractivity contribution in [2.45, 2.75) is 33.2 Å². The molecule has 0 radical (unpaired) electrons. The quantitative estimate of drug-likeness (QED) is 0.452. The van der Waals surface area contributed by atoms with Gasteiger partial charge in [0.25, 0.3) is 5.69 Å². The molecule has 0 N–H and O–H groups in total. The number of para-hydroxylation sites is 1. The molecular weight excluding hydrogens is 332 g/mol. The number of ketones is 1. The molecule has 0 aliphatic rings. The van der Waals surface area contributed by atoms with Crippen molar-refractivity contribution in [1.29, 1.82) is 0 Å². The van der Waals surface area contributed by atoms with Gasteiger partial charge in [-0.2, -0.15) is 0 Å². The molecule has 6 nitrogen and oxygen atoms in total. The van der Waals surface area contributed by atoms with Gasteiger partial charge in [-0.1, -0.05) is 30.3 Å². The molecule has 0 saturated heterocycles. The van der Waals surface area contributed by atoms with Gasteiger partial charge in [0.1, 0.15) is 0 Å². The lowest BCUT2D eigenvalue weighted by Crippen LogP contribution is -2.41. The number of carbonyl (C=O) groups excluding carboxylic acids is 2. The van der Waals surface area contributed by atoms with Crippen molar-refractivity contribution in [3.8, 4) is 0 Å². The maximum Gasteiger partial charge on any atom is 0.273 e. The zero-order valence-corrected chi connectivity index (χ0v) is 15.4. The third-order valence-corrected chi connectivity index (χ3v) is 4.68. The van der Waals surface area contributed by atoms with Gasteiger partial charge in [-0.05, 0) is 38.0 Å². The highest BCUT2D eigenvalue weighted by Crippen LogP contribution is 2.20. The molecule has 0 aromatic heterocycles. The number of rotatable bonds is 6. The predicted octanol–water partition coefficient (Wildman–Crippen LogP) is 3.48. The van der Waals surface area contributed by atoms with Crippen LogP contribution < -0.4 is 0 Å². The number of amides is 1. The molecule has 2 rings (SSSR count). The highest BCUT2D eigenvalue weighted by atomic mass is 16.6. The van der Waals surface area contributed by atoms with Gasteiger partial charge in [0.05, 0.1) is 17.4 Å². The summed E-state index contributed by atoms with van der Waals surface area (Å²) in [6.07, 6.45) is -0.127. The van der Waals surface area contributed by atoms with Gasteiger partial charge in [-0.25, -0.2) is 0 Å². The Morgan fingerprint density at radius 3 is 2.38 bits per heavy atom. The first-order valence-corrected chi connectivity index (χ1v) is 8.31. The molecule has 2 aromatic carbocycles. The zero-order valence-electron chi connectivity index (χ0n) is 15.4. The Hall–Kier alpha value is -3.02. The van der Waals surface area contributed by atoms with Crippen molar-refractivity contribution in [1.82, 2.24) is 4.90 Å². The Bertz CT molecular complexity index is 861.